The third kappa shape index (κ3) is 4.66. The van der Waals surface area contributed by atoms with Crippen LogP contribution in [0, 0.1) is 0 Å². The zero-order chi connectivity index (χ0) is 15.9. The summed E-state index contributed by atoms with van der Waals surface area (Å²) in [6.45, 7) is 2.34. The molecule has 1 atom stereocenters. The predicted octanol–water partition coefficient (Wildman–Crippen LogP) is 2.05. The highest BCUT2D eigenvalue weighted by atomic mass is 32.1. The van der Waals surface area contributed by atoms with Crippen LogP contribution in [0.2, 0.25) is 0 Å². The third-order valence-corrected chi connectivity index (χ3v) is 4.76. The van der Waals surface area contributed by atoms with Crippen LogP contribution >= 0.6 is 11.3 Å². The maximum absolute atomic E-state index is 12.0. The van der Waals surface area contributed by atoms with Gasteiger partial charge in [0, 0.05) is 42.9 Å². The molecule has 1 saturated heterocycles. The molecular formula is C16H21N5OS. The average molecular weight is 331 g/mol. The molecule has 0 aliphatic carbocycles. The molecule has 2 N–H and O–H groups in total. The van der Waals surface area contributed by atoms with Crippen molar-refractivity contribution in [3.63, 3.8) is 0 Å². The van der Waals surface area contributed by atoms with Gasteiger partial charge in [0.1, 0.15) is 0 Å². The molecule has 1 aliphatic rings. The standard InChI is InChI=1S/C16H21N5OS/c22-16(19-9-6-14-5-2-11-23-14)20-13-4-1-10-21(12-13)15-17-7-3-8-18-15/h2-3,5,7-8,11,13H,1,4,6,9-10,12H2,(H2,19,20,22)/t13-/m0/s1. The quantitative estimate of drug-likeness (QED) is 0.880. The van der Waals surface area contributed by atoms with Gasteiger partial charge in [-0.3, -0.25) is 0 Å². The van der Waals surface area contributed by atoms with Gasteiger partial charge in [0.2, 0.25) is 5.95 Å². The van der Waals surface area contributed by atoms with Gasteiger partial charge in [-0.05, 0) is 36.8 Å². The topological polar surface area (TPSA) is 70.2 Å². The van der Waals surface area contributed by atoms with E-state index in [1.807, 2.05) is 12.1 Å². The van der Waals surface area contributed by atoms with Gasteiger partial charge in [-0.25, -0.2) is 14.8 Å². The second kappa shape index (κ2) is 7.92. The van der Waals surface area contributed by atoms with E-state index in [1.54, 1.807) is 23.7 Å². The predicted molar refractivity (Wildman–Crippen MR) is 91.8 cm³/mol. The van der Waals surface area contributed by atoms with E-state index in [2.05, 4.69) is 36.9 Å². The van der Waals surface area contributed by atoms with Crippen molar-refractivity contribution in [1.29, 1.82) is 0 Å². The number of anilines is 1. The summed E-state index contributed by atoms with van der Waals surface area (Å²) in [6, 6.07) is 5.96. The molecule has 2 amide bonds. The van der Waals surface area contributed by atoms with Crippen LogP contribution in [0.3, 0.4) is 0 Å². The summed E-state index contributed by atoms with van der Waals surface area (Å²) in [7, 11) is 0. The van der Waals surface area contributed by atoms with Crippen molar-refractivity contribution < 1.29 is 4.79 Å². The Kier molecular flexibility index (Phi) is 5.42. The Morgan fingerprint density at radius 2 is 2.22 bits per heavy atom. The van der Waals surface area contributed by atoms with E-state index < -0.39 is 0 Å². The smallest absolute Gasteiger partial charge is 0.315 e. The molecule has 0 radical (unpaired) electrons. The van der Waals surface area contributed by atoms with E-state index in [-0.39, 0.29) is 12.1 Å². The van der Waals surface area contributed by atoms with Crippen LogP contribution in [0.5, 0.6) is 0 Å². The lowest BCUT2D eigenvalue weighted by Crippen LogP contribution is -2.51. The first-order valence-corrected chi connectivity index (χ1v) is 8.78. The van der Waals surface area contributed by atoms with Crippen LogP contribution in [0.15, 0.2) is 36.0 Å². The van der Waals surface area contributed by atoms with Gasteiger partial charge in [0.15, 0.2) is 0 Å². The fourth-order valence-corrected chi connectivity index (χ4v) is 3.43. The molecular weight excluding hydrogens is 310 g/mol. The highest BCUT2D eigenvalue weighted by Crippen LogP contribution is 2.15. The monoisotopic (exact) mass is 331 g/mol. The number of carbonyl (C=O) groups excluding carboxylic acids is 1. The highest BCUT2D eigenvalue weighted by Gasteiger charge is 2.22. The number of hydrogen-bond acceptors (Lipinski definition) is 5. The van der Waals surface area contributed by atoms with E-state index in [9.17, 15) is 4.79 Å². The number of piperidine rings is 1. The molecule has 0 aromatic carbocycles. The minimum Gasteiger partial charge on any atom is -0.339 e. The molecule has 3 rings (SSSR count). The Balaban J connectivity index is 1.43. The highest BCUT2D eigenvalue weighted by molar-refractivity contribution is 7.09. The van der Waals surface area contributed by atoms with Crippen LogP contribution in [-0.2, 0) is 6.42 Å². The molecule has 6 nitrogen and oxygen atoms in total. The number of nitrogens with zero attached hydrogens (tertiary/aromatic N) is 3. The lowest BCUT2D eigenvalue weighted by molar-refractivity contribution is 0.235. The van der Waals surface area contributed by atoms with Gasteiger partial charge in [0.25, 0.3) is 0 Å². The number of nitrogens with one attached hydrogen (secondary N) is 2. The van der Waals surface area contributed by atoms with Gasteiger partial charge < -0.3 is 15.5 Å². The summed E-state index contributed by atoms with van der Waals surface area (Å²) in [5, 5.41) is 8.04. The van der Waals surface area contributed by atoms with Crippen molar-refractivity contribution in [2.45, 2.75) is 25.3 Å². The number of urea groups is 1. The first-order valence-electron chi connectivity index (χ1n) is 7.90. The fourth-order valence-electron chi connectivity index (χ4n) is 2.72. The lowest BCUT2D eigenvalue weighted by Gasteiger charge is -2.33. The van der Waals surface area contributed by atoms with Gasteiger partial charge in [0.05, 0.1) is 0 Å². The molecule has 7 heteroatoms. The van der Waals surface area contributed by atoms with Crippen LogP contribution < -0.4 is 15.5 Å². The van der Waals surface area contributed by atoms with Crippen molar-refractivity contribution in [3.8, 4) is 0 Å². The average Bonchev–Trinajstić information content (AvgIpc) is 3.09. The second-order valence-corrected chi connectivity index (χ2v) is 6.60. The molecule has 0 unspecified atom stereocenters. The molecule has 3 heterocycles. The SMILES string of the molecule is O=C(NCCc1cccs1)N[C@H]1CCCN(c2ncccn2)C1. The minimum absolute atomic E-state index is 0.0950. The van der Waals surface area contributed by atoms with Crippen LogP contribution in [0.1, 0.15) is 17.7 Å². The first-order chi connectivity index (χ1) is 11.3. The Morgan fingerprint density at radius 3 is 3.00 bits per heavy atom. The number of amides is 2. The molecule has 0 saturated carbocycles. The molecule has 1 aliphatic heterocycles. The molecule has 23 heavy (non-hydrogen) atoms. The summed E-state index contributed by atoms with van der Waals surface area (Å²) in [5.74, 6) is 0.733. The van der Waals surface area contributed by atoms with Gasteiger partial charge in [-0.1, -0.05) is 6.07 Å². The number of thiophene rings is 1. The Hall–Kier alpha value is -2.15. The molecule has 2 aromatic rings. The third-order valence-electron chi connectivity index (χ3n) is 3.83. The molecule has 2 aromatic heterocycles. The van der Waals surface area contributed by atoms with E-state index >= 15 is 0 Å². The summed E-state index contributed by atoms with van der Waals surface area (Å²) in [5.41, 5.74) is 0. The van der Waals surface area contributed by atoms with E-state index in [0.717, 1.165) is 38.3 Å². The van der Waals surface area contributed by atoms with Crippen molar-refractivity contribution in [3.05, 3.63) is 40.8 Å². The van der Waals surface area contributed by atoms with E-state index in [4.69, 9.17) is 0 Å². The van der Waals surface area contributed by atoms with E-state index in [1.165, 1.54) is 4.88 Å². The molecule has 122 valence electrons. The number of carbonyl (C=O) groups is 1. The molecule has 0 bridgehead atoms. The number of hydrogen-bond donors (Lipinski definition) is 2. The Bertz CT molecular complexity index is 604. The van der Waals surface area contributed by atoms with Gasteiger partial charge in [-0.2, -0.15) is 0 Å². The first kappa shape index (κ1) is 15.7. The maximum Gasteiger partial charge on any atom is 0.315 e. The summed E-state index contributed by atoms with van der Waals surface area (Å²) < 4.78 is 0. The van der Waals surface area contributed by atoms with Crippen molar-refractivity contribution in [2.75, 3.05) is 24.5 Å². The summed E-state index contributed by atoms with van der Waals surface area (Å²) in [4.78, 5) is 24.0. The van der Waals surface area contributed by atoms with Crippen molar-refractivity contribution >= 4 is 23.3 Å². The second-order valence-electron chi connectivity index (χ2n) is 5.56. The zero-order valence-corrected chi connectivity index (χ0v) is 13.8. The van der Waals surface area contributed by atoms with Crippen LogP contribution in [0.25, 0.3) is 0 Å². The summed E-state index contributed by atoms with van der Waals surface area (Å²) in [6.07, 6.45) is 6.38. The minimum atomic E-state index is -0.0950. The van der Waals surface area contributed by atoms with Crippen molar-refractivity contribution in [1.82, 2.24) is 20.6 Å². The molecule has 1 fully saturated rings. The van der Waals surface area contributed by atoms with Gasteiger partial charge >= 0.3 is 6.03 Å². The molecule has 0 spiro atoms. The lowest BCUT2D eigenvalue weighted by atomic mass is 10.1. The van der Waals surface area contributed by atoms with Gasteiger partial charge in [-0.15, -0.1) is 11.3 Å². The van der Waals surface area contributed by atoms with Crippen LogP contribution in [0.4, 0.5) is 10.7 Å². The Labute approximate surface area is 140 Å². The zero-order valence-electron chi connectivity index (χ0n) is 12.9. The fraction of sp³-hybridized carbons (Fsp3) is 0.438. The Morgan fingerprint density at radius 1 is 1.35 bits per heavy atom. The largest absolute Gasteiger partial charge is 0.339 e. The van der Waals surface area contributed by atoms with E-state index in [0.29, 0.717) is 6.54 Å². The number of aromatic nitrogens is 2. The summed E-state index contributed by atoms with van der Waals surface area (Å²) >= 11 is 1.72. The number of rotatable bonds is 5. The normalized spacial score (nSPS) is 17.7. The van der Waals surface area contributed by atoms with Crippen molar-refractivity contribution in [2.24, 2.45) is 0 Å². The maximum atomic E-state index is 12.0. The van der Waals surface area contributed by atoms with Crippen LogP contribution in [-0.4, -0.2) is 41.7 Å².